The summed E-state index contributed by atoms with van der Waals surface area (Å²) < 4.78 is 159. The van der Waals surface area contributed by atoms with Crippen molar-refractivity contribution >= 4 is 47.8 Å². The Morgan fingerprint density at radius 3 is 0.550 bits per heavy atom. The van der Waals surface area contributed by atoms with Crippen molar-refractivity contribution in [2.75, 3.05) is 130 Å². The maximum Gasteiger partial charge on any atom is 0.344 e. The molecule has 8 rings (SSSR count). The van der Waals surface area contributed by atoms with Crippen LogP contribution >= 0.6 is 0 Å². The molecule has 0 amide bonds. The molecule has 0 atom stereocenters. The van der Waals surface area contributed by atoms with E-state index in [-0.39, 0.29) is 99.4 Å². The van der Waals surface area contributed by atoms with E-state index in [0.717, 1.165) is 0 Å². The summed E-state index contributed by atoms with van der Waals surface area (Å²) in [5, 5.41) is 0. The third-order valence-corrected chi connectivity index (χ3v) is 20.7. The van der Waals surface area contributed by atoms with Gasteiger partial charge in [-0.15, -0.1) is 0 Å². The van der Waals surface area contributed by atoms with Crippen molar-refractivity contribution < 1.29 is 162 Å². The Balaban J connectivity index is 1.37. The molecule has 0 fully saturated rings. The van der Waals surface area contributed by atoms with Crippen LogP contribution in [-0.2, 0) is 131 Å². The van der Waals surface area contributed by atoms with Crippen molar-refractivity contribution in [2.24, 2.45) is 0 Å². The van der Waals surface area contributed by atoms with Crippen LogP contribution in [0, 0.1) is 6.92 Å². The van der Waals surface area contributed by atoms with E-state index in [1.807, 2.05) is 6.92 Å². The number of hydrogen-bond donors (Lipinski definition) is 0. The van der Waals surface area contributed by atoms with Gasteiger partial charge in [-0.3, -0.25) is 0 Å². The highest BCUT2D eigenvalue weighted by Crippen LogP contribution is 2.47. The van der Waals surface area contributed by atoms with E-state index in [1.165, 1.54) is 42.7 Å². The van der Waals surface area contributed by atoms with Gasteiger partial charge in [0, 0.05) is 130 Å². The lowest BCUT2D eigenvalue weighted by Gasteiger charge is -2.23. The molecule has 0 saturated carbocycles. The lowest BCUT2D eigenvalue weighted by Crippen LogP contribution is -2.27. The first-order chi connectivity index (χ1) is 69.5. The van der Waals surface area contributed by atoms with Gasteiger partial charge >= 0.3 is 47.8 Å². The molecular formula is C115H152O34. The smallest absolute Gasteiger partial charge is 0.344 e. The minimum Gasteiger partial charge on any atom is -0.496 e. The molecule has 0 aromatic heterocycles. The summed E-state index contributed by atoms with van der Waals surface area (Å²) in [6.45, 7) is 40.0. The molecule has 149 heavy (non-hydrogen) atoms. The molecule has 0 aliphatic heterocycles. The van der Waals surface area contributed by atoms with Crippen LogP contribution in [0.3, 0.4) is 0 Å². The number of methoxy groups -OCH3 is 8. The summed E-state index contributed by atoms with van der Waals surface area (Å²) >= 11 is 0. The van der Waals surface area contributed by atoms with E-state index in [2.05, 4.69) is 0 Å². The summed E-state index contributed by atoms with van der Waals surface area (Å²) in [6, 6.07) is 29.2. The summed E-state index contributed by atoms with van der Waals surface area (Å²) in [7, 11) is 12.1. The van der Waals surface area contributed by atoms with E-state index in [1.54, 1.807) is 284 Å². The Bertz CT molecular complexity index is 5870. The first-order valence-electron chi connectivity index (χ1n) is 49.0. The normalized spacial score (nSPS) is 11.9. The van der Waals surface area contributed by atoms with Crippen molar-refractivity contribution in [2.45, 2.75) is 263 Å². The molecule has 0 unspecified atom stereocenters. The van der Waals surface area contributed by atoms with Gasteiger partial charge in [-0.1, -0.05) is 0 Å². The van der Waals surface area contributed by atoms with Crippen LogP contribution in [0.1, 0.15) is 250 Å². The van der Waals surface area contributed by atoms with Gasteiger partial charge in [0.15, 0.2) is 59.6 Å². The van der Waals surface area contributed by atoms with Gasteiger partial charge in [-0.25, -0.2) is 38.4 Å². The standard InChI is InChI=1S/C115H152O34/c1-69-38-85(134-61-94(117)143-109(5,6)7)47-71(101(69)125-27)40-73-49-87(136-63-96(119)145-111(11,12)13)51-75(103(73)127-29)42-77-53-89(138-65-98(121)147-113(17,18)19)55-79(105(77)129-31)44-81-57-91(140-67-100(123)149-115(23,24)25)59-83(107(81)131-33)45-82-58-90(139-66-99(122)148-114(20,21)22)56-80(106(82)130-32)43-78-54-88(137-64-97(120)146-112(14,15)16)52-76(104(78)128-30)41-74-50-86(135-62-95(118)144-110(8,9)10)48-72(102(74)126-28)39-70-46-84(133-60-93(116)142-108(2,3)4)34-35-92(70)141-68-132-37-36-124-26/h34-35,38,46-59H,36-37,39-45,60-68H2,1-33H3. The highest BCUT2D eigenvalue weighted by atomic mass is 16.7. The average molecular weight is 2080 g/mol. The first-order valence-corrected chi connectivity index (χ1v) is 49.0. The van der Waals surface area contributed by atoms with Crippen molar-refractivity contribution in [3.63, 3.8) is 0 Å². The van der Waals surface area contributed by atoms with Crippen LogP contribution in [-0.4, -0.2) is 222 Å². The van der Waals surface area contributed by atoms with Crippen molar-refractivity contribution in [1.29, 1.82) is 0 Å². The Morgan fingerprint density at radius 1 is 0.201 bits per heavy atom. The zero-order valence-electron chi connectivity index (χ0n) is 92.9. The zero-order valence-corrected chi connectivity index (χ0v) is 92.9. The van der Waals surface area contributed by atoms with Crippen LogP contribution in [0.25, 0.3) is 0 Å². The number of carbonyl (C=O) groups is 8. The molecule has 0 heterocycles. The Kier molecular flexibility index (Phi) is 42.8. The molecule has 34 nitrogen and oxygen atoms in total. The average Bonchev–Trinajstić information content (AvgIpc) is 0.788. The van der Waals surface area contributed by atoms with E-state index in [4.69, 9.17) is 123 Å². The fourth-order valence-electron chi connectivity index (χ4n) is 16.1. The predicted molar refractivity (Wildman–Crippen MR) is 556 cm³/mol. The molecule has 0 saturated heterocycles. The highest BCUT2D eigenvalue weighted by Gasteiger charge is 2.33. The molecule has 0 N–H and O–H groups in total. The third-order valence-electron chi connectivity index (χ3n) is 20.7. The number of benzene rings is 8. The largest absolute Gasteiger partial charge is 0.496 e. The SMILES string of the molecule is COCCOCOc1ccc(OCC(=O)OC(C)(C)C)cc1Cc1cc(OCC(=O)OC(C)(C)C)cc(Cc2cc(OCC(=O)OC(C)(C)C)cc(Cc3cc(OCC(=O)OC(C)(C)C)cc(Cc4cc(OCC(=O)OC(C)(C)C)cc(Cc5cc(OCC(=O)OC(C)(C)C)cc(Cc6cc(OCC(=O)OC(C)(C)C)cc(Cc7cc(OCC(=O)OC(C)(C)C)cc(C)c7OC)c6OC)c5OC)c4OC)c3OC)c2OC)c1OC. The first kappa shape index (κ1) is 120. The topological polar surface area (TPSA) is 377 Å². The van der Waals surface area contributed by atoms with Crippen molar-refractivity contribution in [3.8, 4) is 92.0 Å². The summed E-state index contributed by atoms with van der Waals surface area (Å²) in [4.78, 5) is 109. The van der Waals surface area contributed by atoms with E-state index in [9.17, 15) is 38.4 Å². The second kappa shape index (κ2) is 52.9. The van der Waals surface area contributed by atoms with Crippen LogP contribution in [0.4, 0.5) is 0 Å². The van der Waals surface area contributed by atoms with E-state index in [0.29, 0.717) is 148 Å². The van der Waals surface area contributed by atoms with E-state index < -0.39 is 139 Å². The van der Waals surface area contributed by atoms with E-state index >= 15 is 0 Å². The molecule has 0 aliphatic rings. The monoisotopic (exact) mass is 2080 g/mol. The third kappa shape index (κ3) is 40.7. The van der Waals surface area contributed by atoms with Gasteiger partial charge in [-0.2, -0.15) is 0 Å². The summed E-state index contributed by atoms with van der Waals surface area (Å²) in [5.74, 6) is -0.586. The number of aryl methyl sites for hydroxylation is 1. The Hall–Kier alpha value is -13.8. The molecule has 0 spiro atoms. The van der Waals surface area contributed by atoms with Crippen LogP contribution in [0.2, 0.25) is 0 Å². The van der Waals surface area contributed by atoms with Gasteiger partial charge in [0.05, 0.1) is 63.0 Å². The van der Waals surface area contributed by atoms with Crippen LogP contribution in [0.5, 0.6) is 92.0 Å². The summed E-state index contributed by atoms with van der Waals surface area (Å²) in [6.07, 6.45) is -0.123. The number of carbonyl (C=O) groups excluding carboxylic acids is 8. The maximum absolute atomic E-state index is 13.9. The Labute approximate surface area is 876 Å². The fraction of sp³-hybridized carbons (Fsp3) is 0.513. The van der Waals surface area contributed by atoms with Crippen molar-refractivity contribution in [1.82, 2.24) is 0 Å². The Morgan fingerprint density at radius 2 is 0.369 bits per heavy atom. The molecule has 34 heteroatoms. The van der Waals surface area contributed by atoms with Gasteiger partial charge < -0.3 is 123 Å². The van der Waals surface area contributed by atoms with Gasteiger partial charge in [0.1, 0.15) is 137 Å². The molecule has 0 aliphatic carbocycles. The fourth-order valence-corrected chi connectivity index (χ4v) is 16.1. The lowest BCUT2D eigenvalue weighted by atomic mass is 9.91. The highest BCUT2D eigenvalue weighted by molar-refractivity contribution is 5.76. The number of rotatable bonds is 51. The molecule has 8 aromatic rings. The molecule has 816 valence electrons. The number of ether oxygens (including phenoxy) is 26. The number of esters is 8. The maximum atomic E-state index is 13.9. The van der Waals surface area contributed by atoms with Gasteiger partial charge in [0.25, 0.3) is 0 Å². The summed E-state index contributed by atoms with van der Waals surface area (Å²) in [5.41, 5.74) is 0.636. The van der Waals surface area contributed by atoms with Crippen LogP contribution < -0.4 is 75.8 Å². The molecule has 8 aromatic carbocycles. The van der Waals surface area contributed by atoms with Crippen molar-refractivity contribution in [3.05, 3.63) is 187 Å². The lowest BCUT2D eigenvalue weighted by molar-refractivity contribution is -0.158. The minimum atomic E-state index is -0.920. The molecule has 0 radical (unpaired) electrons. The van der Waals surface area contributed by atoms with Crippen LogP contribution in [0.15, 0.2) is 103 Å². The number of hydrogen-bond acceptors (Lipinski definition) is 34. The quantitative estimate of drug-likeness (QED) is 0.0148. The predicted octanol–water partition coefficient (Wildman–Crippen LogP) is 19.0. The van der Waals surface area contributed by atoms with Gasteiger partial charge in [0.2, 0.25) is 0 Å². The van der Waals surface area contributed by atoms with Gasteiger partial charge in [-0.05, 0) is 282 Å². The second-order valence-corrected chi connectivity index (χ2v) is 43.3. The second-order valence-electron chi connectivity index (χ2n) is 43.3. The minimum absolute atomic E-state index is 0.0145. The molecular weight excluding hydrogens is 1930 g/mol. The molecule has 0 bridgehead atoms. The zero-order chi connectivity index (χ0) is 111.